The van der Waals surface area contributed by atoms with Crippen molar-refractivity contribution in [2.24, 2.45) is 4.99 Å². The Bertz CT molecular complexity index is 991. The number of hydrogen-bond acceptors (Lipinski definition) is 4. The van der Waals surface area contributed by atoms with Gasteiger partial charge in [-0.15, -0.1) is 0 Å². The molecular formula is C26H33N3O3. The Labute approximate surface area is 190 Å². The fraction of sp³-hybridized carbons (Fsp3) is 0.423. The quantitative estimate of drug-likeness (QED) is 0.387. The Morgan fingerprint density at radius 1 is 1.09 bits per heavy atom. The largest absolute Gasteiger partial charge is 0.459 e. The summed E-state index contributed by atoms with van der Waals surface area (Å²) in [6.07, 6.45) is 2.26. The SMILES string of the molecule is CCNC(=NCc1cccc(COC2CCOCC2)c1)NC(C)c1cc2ccccc2o1. The third-order valence-corrected chi connectivity index (χ3v) is 5.63. The van der Waals surface area contributed by atoms with Gasteiger partial charge in [0.15, 0.2) is 5.96 Å². The van der Waals surface area contributed by atoms with Crippen molar-refractivity contribution in [2.45, 2.75) is 52.0 Å². The first-order valence-electron chi connectivity index (χ1n) is 11.5. The monoisotopic (exact) mass is 435 g/mol. The molecule has 2 N–H and O–H groups in total. The topological polar surface area (TPSA) is 68.0 Å². The number of aliphatic imine (C=N–C) groups is 1. The molecule has 0 radical (unpaired) electrons. The van der Waals surface area contributed by atoms with Gasteiger partial charge in [0, 0.05) is 25.1 Å². The van der Waals surface area contributed by atoms with E-state index in [0.29, 0.717) is 19.3 Å². The number of nitrogens with zero attached hydrogens (tertiary/aromatic N) is 1. The molecule has 4 rings (SSSR count). The van der Waals surface area contributed by atoms with E-state index in [1.807, 2.05) is 18.2 Å². The molecule has 1 atom stereocenters. The first-order chi connectivity index (χ1) is 15.7. The Kier molecular flexibility index (Phi) is 7.80. The lowest BCUT2D eigenvalue weighted by molar-refractivity contribution is -0.0390. The summed E-state index contributed by atoms with van der Waals surface area (Å²) in [5.74, 6) is 1.66. The lowest BCUT2D eigenvalue weighted by Crippen LogP contribution is -2.38. The molecule has 3 aromatic rings. The van der Waals surface area contributed by atoms with Crippen molar-refractivity contribution in [3.8, 4) is 0 Å². The molecular weight excluding hydrogens is 402 g/mol. The molecule has 1 saturated heterocycles. The summed E-state index contributed by atoms with van der Waals surface area (Å²) in [4.78, 5) is 4.79. The standard InChI is InChI=1S/C26H33N3O3/c1-3-27-26(29-19(2)25-16-22-9-4-5-10-24(22)32-25)28-17-20-7-6-8-21(15-20)18-31-23-11-13-30-14-12-23/h4-10,15-16,19,23H,3,11-14,17-18H2,1-2H3,(H2,27,28,29). The Morgan fingerprint density at radius 2 is 1.91 bits per heavy atom. The minimum absolute atomic E-state index is 0.000549. The Hall–Kier alpha value is -2.83. The van der Waals surface area contributed by atoms with Crippen molar-refractivity contribution in [1.82, 2.24) is 10.6 Å². The van der Waals surface area contributed by atoms with Crippen LogP contribution < -0.4 is 10.6 Å². The number of hydrogen-bond donors (Lipinski definition) is 2. The number of fused-ring (bicyclic) bond motifs is 1. The lowest BCUT2D eigenvalue weighted by Gasteiger charge is -2.22. The van der Waals surface area contributed by atoms with Crippen molar-refractivity contribution in [1.29, 1.82) is 0 Å². The molecule has 0 amide bonds. The van der Waals surface area contributed by atoms with Gasteiger partial charge in [0.25, 0.3) is 0 Å². The zero-order valence-corrected chi connectivity index (χ0v) is 19.0. The highest BCUT2D eigenvalue weighted by Gasteiger charge is 2.15. The predicted molar refractivity (Wildman–Crippen MR) is 128 cm³/mol. The van der Waals surface area contributed by atoms with Gasteiger partial charge in [-0.3, -0.25) is 0 Å². The van der Waals surface area contributed by atoms with Crippen LogP contribution in [0.25, 0.3) is 11.0 Å². The molecule has 6 heteroatoms. The number of guanidine groups is 1. The number of nitrogens with one attached hydrogen (secondary N) is 2. The average Bonchev–Trinajstić information content (AvgIpc) is 3.27. The summed E-state index contributed by atoms with van der Waals surface area (Å²) in [5, 5.41) is 7.90. The minimum Gasteiger partial charge on any atom is -0.459 e. The van der Waals surface area contributed by atoms with Crippen LogP contribution in [0.2, 0.25) is 0 Å². The molecule has 1 aliphatic heterocycles. The second-order valence-corrected chi connectivity index (χ2v) is 8.19. The van der Waals surface area contributed by atoms with E-state index in [-0.39, 0.29) is 6.04 Å². The van der Waals surface area contributed by atoms with E-state index < -0.39 is 0 Å². The van der Waals surface area contributed by atoms with Gasteiger partial charge in [-0.1, -0.05) is 42.5 Å². The zero-order chi connectivity index (χ0) is 22.2. The van der Waals surface area contributed by atoms with E-state index in [4.69, 9.17) is 18.9 Å². The van der Waals surface area contributed by atoms with Crippen LogP contribution in [-0.2, 0) is 22.6 Å². The van der Waals surface area contributed by atoms with Crippen molar-refractivity contribution >= 4 is 16.9 Å². The van der Waals surface area contributed by atoms with Crippen LogP contribution in [0.15, 0.2) is 64.0 Å². The second-order valence-electron chi connectivity index (χ2n) is 8.19. The van der Waals surface area contributed by atoms with Gasteiger partial charge in [-0.05, 0) is 49.9 Å². The molecule has 32 heavy (non-hydrogen) atoms. The lowest BCUT2D eigenvalue weighted by atomic mass is 10.1. The molecule has 6 nitrogen and oxygen atoms in total. The Balaban J connectivity index is 1.36. The van der Waals surface area contributed by atoms with Gasteiger partial charge >= 0.3 is 0 Å². The van der Waals surface area contributed by atoms with E-state index in [0.717, 1.165) is 60.9 Å². The summed E-state index contributed by atoms with van der Waals surface area (Å²) in [7, 11) is 0. The normalized spacial score (nSPS) is 16.2. The fourth-order valence-electron chi connectivity index (χ4n) is 3.86. The maximum absolute atomic E-state index is 6.06. The van der Waals surface area contributed by atoms with Gasteiger partial charge in [0.1, 0.15) is 11.3 Å². The summed E-state index contributed by atoms with van der Waals surface area (Å²) >= 11 is 0. The van der Waals surface area contributed by atoms with Crippen LogP contribution in [0.3, 0.4) is 0 Å². The molecule has 2 heterocycles. The van der Waals surface area contributed by atoms with E-state index in [2.05, 4.69) is 60.9 Å². The van der Waals surface area contributed by atoms with Crippen molar-refractivity contribution in [3.63, 3.8) is 0 Å². The van der Waals surface area contributed by atoms with Gasteiger partial charge in [0.2, 0.25) is 0 Å². The molecule has 1 aromatic heterocycles. The van der Waals surface area contributed by atoms with Crippen molar-refractivity contribution in [2.75, 3.05) is 19.8 Å². The van der Waals surface area contributed by atoms with Gasteiger partial charge < -0.3 is 24.5 Å². The molecule has 0 spiro atoms. The summed E-state index contributed by atoms with van der Waals surface area (Å²) in [6, 6.07) is 18.6. The van der Waals surface area contributed by atoms with Gasteiger partial charge in [0.05, 0.1) is 25.3 Å². The van der Waals surface area contributed by atoms with Crippen molar-refractivity contribution < 1.29 is 13.9 Å². The molecule has 1 aliphatic rings. The summed E-state index contributed by atoms with van der Waals surface area (Å²) in [6.45, 7) is 7.75. The molecule has 170 valence electrons. The van der Waals surface area contributed by atoms with Crippen LogP contribution in [0.5, 0.6) is 0 Å². The minimum atomic E-state index is -0.000549. The van der Waals surface area contributed by atoms with E-state index in [1.54, 1.807) is 0 Å². The molecule has 0 bridgehead atoms. The predicted octanol–water partition coefficient (Wildman–Crippen LogP) is 4.94. The smallest absolute Gasteiger partial charge is 0.192 e. The number of benzene rings is 2. The fourth-order valence-corrected chi connectivity index (χ4v) is 3.86. The van der Waals surface area contributed by atoms with Crippen LogP contribution in [0, 0.1) is 0 Å². The average molecular weight is 436 g/mol. The molecule has 0 aliphatic carbocycles. The molecule has 0 saturated carbocycles. The first-order valence-corrected chi connectivity index (χ1v) is 11.5. The molecule has 1 unspecified atom stereocenters. The third-order valence-electron chi connectivity index (χ3n) is 5.63. The highest BCUT2D eigenvalue weighted by atomic mass is 16.5. The molecule has 2 aromatic carbocycles. The number of furan rings is 1. The number of para-hydroxylation sites is 1. The zero-order valence-electron chi connectivity index (χ0n) is 19.0. The summed E-state index contributed by atoms with van der Waals surface area (Å²) < 4.78 is 17.5. The van der Waals surface area contributed by atoms with Crippen LogP contribution in [0.4, 0.5) is 0 Å². The van der Waals surface area contributed by atoms with E-state index in [1.165, 1.54) is 5.56 Å². The highest BCUT2D eigenvalue weighted by molar-refractivity contribution is 5.81. The van der Waals surface area contributed by atoms with E-state index >= 15 is 0 Å². The number of rotatable bonds is 8. The first kappa shape index (κ1) is 22.4. The molecule has 1 fully saturated rings. The maximum Gasteiger partial charge on any atom is 0.192 e. The van der Waals surface area contributed by atoms with Gasteiger partial charge in [-0.2, -0.15) is 0 Å². The highest BCUT2D eigenvalue weighted by Crippen LogP contribution is 2.23. The van der Waals surface area contributed by atoms with Crippen molar-refractivity contribution in [3.05, 3.63) is 71.5 Å². The van der Waals surface area contributed by atoms with E-state index in [9.17, 15) is 0 Å². The van der Waals surface area contributed by atoms with Gasteiger partial charge in [-0.25, -0.2) is 4.99 Å². The maximum atomic E-state index is 6.06. The Morgan fingerprint density at radius 3 is 2.72 bits per heavy atom. The summed E-state index contributed by atoms with van der Waals surface area (Å²) in [5.41, 5.74) is 3.24. The van der Waals surface area contributed by atoms with Crippen LogP contribution in [0.1, 0.15) is 49.6 Å². The number of ether oxygens (including phenoxy) is 2. The second kappa shape index (κ2) is 11.2. The van der Waals surface area contributed by atoms with Crippen LogP contribution >= 0.6 is 0 Å². The van der Waals surface area contributed by atoms with Crippen LogP contribution in [-0.4, -0.2) is 31.8 Å². The third kappa shape index (κ3) is 6.11.